The van der Waals surface area contributed by atoms with Gasteiger partial charge in [-0.15, -0.1) is 0 Å². The lowest BCUT2D eigenvalue weighted by atomic mass is 9.95. The van der Waals surface area contributed by atoms with E-state index in [-0.39, 0.29) is 5.91 Å². The Labute approximate surface area is 184 Å². The molecule has 1 aromatic carbocycles. The van der Waals surface area contributed by atoms with Crippen LogP contribution in [0.25, 0.3) is 0 Å². The number of benzene rings is 1. The number of para-hydroxylation sites is 1. The second-order valence-corrected chi connectivity index (χ2v) is 8.49. The van der Waals surface area contributed by atoms with Crippen LogP contribution in [0.5, 0.6) is 5.75 Å². The Bertz CT molecular complexity index is 1060. The molecular formula is C25H32N4O2. The number of rotatable bonds is 6. The predicted molar refractivity (Wildman–Crippen MR) is 122 cm³/mol. The van der Waals surface area contributed by atoms with Crippen molar-refractivity contribution in [3.05, 3.63) is 71.1 Å². The predicted octanol–water partition coefficient (Wildman–Crippen LogP) is 4.87. The number of ether oxygens (including phenoxy) is 1. The Balaban J connectivity index is 1.68. The number of imidazole rings is 1. The normalized spacial score (nSPS) is 15.6. The van der Waals surface area contributed by atoms with Crippen LogP contribution in [0, 0.1) is 13.8 Å². The fraction of sp³-hybridized carbons (Fsp3) is 0.440. The SMILES string of the molecule is COc1ccccc1C(NC(=O)c1cc(C)n(C2CCCCC2)c1C)c1nccn1C. The lowest BCUT2D eigenvalue weighted by Gasteiger charge is -2.26. The third kappa shape index (κ3) is 4.11. The van der Waals surface area contributed by atoms with Crippen LogP contribution in [-0.2, 0) is 7.05 Å². The van der Waals surface area contributed by atoms with Crippen molar-refractivity contribution in [2.24, 2.45) is 7.05 Å². The molecule has 1 aliphatic rings. The largest absolute Gasteiger partial charge is 0.496 e. The quantitative estimate of drug-likeness (QED) is 0.619. The molecule has 3 aromatic rings. The minimum Gasteiger partial charge on any atom is -0.496 e. The number of aromatic nitrogens is 3. The Morgan fingerprint density at radius 3 is 2.61 bits per heavy atom. The molecule has 0 aliphatic heterocycles. The summed E-state index contributed by atoms with van der Waals surface area (Å²) in [5, 5.41) is 3.24. The van der Waals surface area contributed by atoms with Crippen molar-refractivity contribution in [2.75, 3.05) is 7.11 Å². The summed E-state index contributed by atoms with van der Waals surface area (Å²) in [5.74, 6) is 1.40. The zero-order chi connectivity index (χ0) is 22.0. The number of methoxy groups -OCH3 is 1. The fourth-order valence-electron chi connectivity index (χ4n) is 4.96. The molecule has 0 radical (unpaired) electrons. The fourth-order valence-corrected chi connectivity index (χ4v) is 4.96. The molecule has 0 bridgehead atoms. The van der Waals surface area contributed by atoms with E-state index in [9.17, 15) is 4.79 Å². The molecule has 1 aliphatic carbocycles. The average Bonchev–Trinajstić information content (AvgIpc) is 3.34. The van der Waals surface area contributed by atoms with Crippen LogP contribution < -0.4 is 10.1 Å². The first-order valence-corrected chi connectivity index (χ1v) is 11.1. The van der Waals surface area contributed by atoms with Crippen molar-refractivity contribution in [3.63, 3.8) is 0 Å². The van der Waals surface area contributed by atoms with E-state index in [1.54, 1.807) is 13.3 Å². The number of hydrogen-bond donors (Lipinski definition) is 1. The van der Waals surface area contributed by atoms with Crippen LogP contribution in [0.15, 0.2) is 42.7 Å². The maximum atomic E-state index is 13.5. The van der Waals surface area contributed by atoms with Crippen LogP contribution in [0.1, 0.15) is 77.3 Å². The smallest absolute Gasteiger partial charge is 0.253 e. The third-order valence-electron chi connectivity index (χ3n) is 6.51. The highest BCUT2D eigenvalue weighted by molar-refractivity contribution is 5.96. The number of hydrogen-bond acceptors (Lipinski definition) is 3. The van der Waals surface area contributed by atoms with Gasteiger partial charge in [-0.05, 0) is 38.8 Å². The third-order valence-corrected chi connectivity index (χ3v) is 6.51. The molecule has 1 amide bonds. The molecule has 0 saturated heterocycles. The van der Waals surface area contributed by atoms with Crippen LogP contribution in [0.4, 0.5) is 0 Å². The maximum Gasteiger partial charge on any atom is 0.253 e. The second-order valence-electron chi connectivity index (χ2n) is 8.49. The van der Waals surface area contributed by atoms with Crippen molar-refractivity contribution >= 4 is 5.91 Å². The monoisotopic (exact) mass is 420 g/mol. The molecule has 4 rings (SSSR count). The molecule has 164 valence electrons. The molecule has 1 saturated carbocycles. The molecule has 6 heteroatoms. The molecular weight excluding hydrogens is 388 g/mol. The lowest BCUT2D eigenvalue weighted by molar-refractivity contribution is 0.0940. The van der Waals surface area contributed by atoms with E-state index in [1.807, 2.05) is 48.1 Å². The van der Waals surface area contributed by atoms with Crippen molar-refractivity contribution in [3.8, 4) is 5.75 Å². The second kappa shape index (κ2) is 9.00. The first-order chi connectivity index (χ1) is 15.0. The highest BCUT2D eigenvalue weighted by Gasteiger charge is 2.27. The van der Waals surface area contributed by atoms with Gasteiger partial charge in [0.05, 0.1) is 12.7 Å². The first-order valence-electron chi connectivity index (χ1n) is 11.1. The number of nitrogens with one attached hydrogen (secondary N) is 1. The maximum absolute atomic E-state index is 13.5. The summed E-state index contributed by atoms with van der Waals surface area (Å²) in [6, 6.07) is 9.87. The number of amides is 1. The van der Waals surface area contributed by atoms with E-state index in [4.69, 9.17) is 4.74 Å². The lowest BCUT2D eigenvalue weighted by Crippen LogP contribution is -2.31. The van der Waals surface area contributed by atoms with Gasteiger partial charge in [-0.25, -0.2) is 4.98 Å². The molecule has 1 unspecified atom stereocenters. The van der Waals surface area contributed by atoms with Crippen molar-refractivity contribution in [2.45, 2.75) is 58.0 Å². The van der Waals surface area contributed by atoms with Gasteiger partial charge in [0.2, 0.25) is 0 Å². The van der Waals surface area contributed by atoms with Gasteiger partial charge in [-0.2, -0.15) is 0 Å². The van der Waals surface area contributed by atoms with E-state index in [0.29, 0.717) is 6.04 Å². The minimum atomic E-state index is -0.415. The summed E-state index contributed by atoms with van der Waals surface area (Å²) in [7, 11) is 3.58. The van der Waals surface area contributed by atoms with E-state index in [2.05, 4.69) is 28.7 Å². The average molecular weight is 421 g/mol. The van der Waals surface area contributed by atoms with Crippen molar-refractivity contribution in [1.82, 2.24) is 19.4 Å². The Morgan fingerprint density at radius 1 is 1.19 bits per heavy atom. The topological polar surface area (TPSA) is 61.1 Å². The molecule has 6 nitrogen and oxygen atoms in total. The summed E-state index contributed by atoms with van der Waals surface area (Å²) in [5.41, 5.74) is 3.81. The summed E-state index contributed by atoms with van der Waals surface area (Å²) in [6.07, 6.45) is 9.85. The van der Waals surface area contributed by atoms with E-state index in [1.165, 1.54) is 32.1 Å². The molecule has 31 heavy (non-hydrogen) atoms. The highest BCUT2D eigenvalue weighted by Crippen LogP contribution is 2.33. The number of aryl methyl sites for hydroxylation is 2. The zero-order valence-electron chi connectivity index (χ0n) is 18.9. The van der Waals surface area contributed by atoms with E-state index in [0.717, 1.165) is 34.1 Å². The van der Waals surface area contributed by atoms with Gasteiger partial charge in [0.15, 0.2) is 0 Å². The number of carbonyl (C=O) groups excluding carboxylic acids is 1. The summed E-state index contributed by atoms with van der Waals surface area (Å²) in [4.78, 5) is 18.0. The van der Waals surface area contributed by atoms with Crippen LogP contribution in [0.3, 0.4) is 0 Å². The molecule has 1 N–H and O–H groups in total. The van der Waals surface area contributed by atoms with Crippen molar-refractivity contribution in [1.29, 1.82) is 0 Å². The van der Waals surface area contributed by atoms with E-state index < -0.39 is 6.04 Å². The van der Waals surface area contributed by atoms with Gasteiger partial charge in [0.25, 0.3) is 5.91 Å². The summed E-state index contributed by atoms with van der Waals surface area (Å²) in [6.45, 7) is 4.17. The molecule has 2 aromatic heterocycles. The summed E-state index contributed by atoms with van der Waals surface area (Å²) < 4.78 is 9.89. The molecule has 0 spiro atoms. The standard InChI is InChI=1S/C25H32N4O2/c1-17-16-21(18(2)29(17)19-10-6-5-7-11-19)25(30)27-23(24-26-14-15-28(24)3)20-12-8-9-13-22(20)31-4/h8-9,12-16,19,23H,5-7,10-11H2,1-4H3,(H,27,30). The highest BCUT2D eigenvalue weighted by atomic mass is 16.5. The summed E-state index contributed by atoms with van der Waals surface area (Å²) >= 11 is 0. The zero-order valence-corrected chi connectivity index (χ0v) is 18.9. The molecule has 1 atom stereocenters. The van der Waals surface area contributed by atoms with Gasteiger partial charge in [0, 0.05) is 42.4 Å². The van der Waals surface area contributed by atoms with Crippen molar-refractivity contribution < 1.29 is 9.53 Å². The molecule has 1 fully saturated rings. The van der Waals surface area contributed by atoms with Crippen LogP contribution in [0.2, 0.25) is 0 Å². The van der Waals surface area contributed by atoms with Crippen LogP contribution in [-0.4, -0.2) is 27.1 Å². The van der Waals surface area contributed by atoms with Gasteiger partial charge < -0.3 is 19.2 Å². The van der Waals surface area contributed by atoms with E-state index >= 15 is 0 Å². The van der Waals surface area contributed by atoms with Gasteiger partial charge in [-0.3, -0.25) is 4.79 Å². The number of carbonyl (C=O) groups is 1. The van der Waals surface area contributed by atoms with Gasteiger partial charge >= 0.3 is 0 Å². The Kier molecular flexibility index (Phi) is 6.16. The minimum absolute atomic E-state index is 0.0888. The first kappa shape index (κ1) is 21.2. The van der Waals surface area contributed by atoms with Crippen LogP contribution >= 0.6 is 0 Å². The van der Waals surface area contributed by atoms with Gasteiger partial charge in [0.1, 0.15) is 17.6 Å². The van der Waals surface area contributed by atoms with Gasteiger partial charge in [-0.1, -0.05) is 37.5 Å². The Hall–Kier alpha value is -3.02. The molecule has 2 heterocycles. The Morgan fingerprint density at radius 2 is 1.94 bits per heavy atom. The number of nitrogens with zero attached hydrogens (tertiary/aromatic N) is 3.